The number of ether oxygens (including phenoxy) is 1. The lowest BCUT2D eigenvalue weighted by Crippen LogP contribution is -2.50. The number of piperazine rings is 1. The molecule has 2 aromatic carbocycles. The number of amides is 2. The number of nitrogens with zero attached hydrogens (tertiary/aromatic N) is 3. The zero-order valence-electron chi connectivity index (χ0n) is 17.1. The maximum Gasteiger partial charge on any atom is 0.255 e. The molecule has 1 aliphatic rings. The normalized spacial score (nSPS) is 13.7. The molecule has 4 rings (SSSR count). The average Bonchev–Trinajstić information content (AvgIpc) is 2.84. The van der Waals surface area contributed by atoms with Crippen LogP contribution in [0.5, 0.6) is 5.75 Å². The molecule has 7 heteroatoms. The van der Waals surface area contributed by atoms with Crippen molar-refractivity contribution in [3.8, 4) is 16.9 Å². The second-order valence-corrected chi connectivity index (χ2v) is 7.62. The van der Waals surface area contributed by atoms with Crippen molar-refractivity contribution in [1.29, 1.82) is 0 Å². The molecule has 2 heterocycles. The zero-order chi connectivity index (χ0) is 21.8. The molecule has 1 fully saturated rings. The van der Waals surface area contributed by atoms with E-state index in [0.717, 1.165) is 16.9 Å². The standard InChI is InChI=1S/C24H22ClN3O3/c1-31-21-8-3-2-7-20(21)17-5-4-6-18(15-17)23(29)27-11-13-28(14-12-27)24(30)19-9-10-22(25)26-16-19/h2-10,15-16H,11-14H2,1H3. The van der Waals surface area contributed by atoms with Crippen LogP contribution in [0.4, 0.5) is 0 Å². The predicted octanol–water partition coefficient (Wildman–Crippen LogP) is 4.01. The van der Waals surface area contributed by atoms with Crippen molar-refractivity contribution in [1.82, 2.24) is 14.8 Å². The van der Waals surface area contributed by atoms with Gasteiger partial charge < -0.3 is 14.5 Å². The summed E-state index contributed by atoms with van der Waals surface area (Å²) < 4.78 is 5.45. The molecule has 3 aromatic rings. The first-order valence-electron chi connectivity index (χ1n) is 10.0. The van der Waals surface area contributed by atoms with E-state index < -0.39 is 0 Å². The van der Waals surface area contributed by atoms with Crippen LogP contribution in [0.3, 0.4) is 0 Å². The molecule has 0 spiro atoms. The number of pyridine rings is 1. The molecule has 0 atom stereocenters. The van der Waals surface area contributed by atoms with Crippen LogP contribution in [0.25, 0.3) is 11.1 Å². The van der Waals surface area contributed by atoms with Gasteiger partial charge in [-0.15, -0.1) is 0 Å². The number of carbonyl (C=O) groups is 2. The van der Waals surface area contributed by atoms with E-state index >= 15 is 0 Å². The smallest absolute Gasteiger partial charge is 0.255 e. The fraction of sp³-hybridized carbons (Fsp3) is 0.208. The molecular weight excluding hydrogens is 414 g/mol. The maximum atomic E-state index is 13.1. The molecule has 0 aliphatic carbocycles. The van der Waals surface area contributed by atoms with Gasteiger partial charge in [-0.2, -0.15) is 0 Å². The topological polar surface area (TPSA) is 62.7 Å². The molecule has 0 bridgehead atoms. The van der Waals surface area contributed by atoms with Crippen LogP contribution in [-0.4, -0.2) is 59.9 Å². The summed E-state index contributed by atoms with van der Waals surface area (Å²) in [6.45, 7) is 1.90. The Morgan fingerprint density at radius 1 is 0.871 bits per heavy atom. The number of aromatic nitrogens is 1. The van der Waals surface area contributed by atoms with E-state index in [9.17, 15) is 9.59 Å². The number of carbonyl (C=O) groups excluding carboxylic acids is 2. The minimum atomic E-state index is -0.102. The Morgan fingerprint density at radius 2 is 1.55 bits per heavy atom. The molecule has 0 radical (unpaired) electrons. The van der Waals surface area contributed by atoms with Crippen LogP contribution in [-0.2, 0) is 0 Å². The summed E-state index contributed by atoms with van der Waals surface area (Å²) in [5.41, 5.74) is 2.97. The van der Waals surface area contributed by atoms with Crippen molar-refractivity contribution in [3.05, 3.63) is 83.1 Å². The van der Waals surface area contributed by atoms with Crippen LogP contribution in [0.2, 0.25) is 5.15 Å². The maximum absolute atomic E-state index is 13.1. The fourth-order valence-corrected chi connectivity index (χ4v) is 3.79. The Bertz CT molecular complexity index is 1090. The van der Waals surface area contributed by atoms with E-state index in [2.05, 4.69) is 4.98 Å². The summed E-state index contributed by atoms with van der Waals surface area (Å²) in [6, 6.07) is 18.5. The van der Waals surface area contributed by atoms with Gasteiger partial charge in [0.15, 0.2) is 0 Å². The van der Waals surface area contributed by atoms with Crippen molar-refractivity contribution in [2.24, 2.45) is 0 Å². The molecule has 1 saturated heterocycles. The second-order valence-electron chi connectivity index (χ2n) is 7.24. The van der Waals surface area contributed by atoms with Crippen LogP contribution in [0, 0.1) is 0 Å². The highest BCUT2D eigenvalue weighted by Gasteiger charge is 2.26. The lowest BCUT2D eigenvalue weighted by molar-refractivity contribution is 0.0535. The molecule has 158 valence electrons. The van der Waals surface area contributed by atoms with Gasteiger partial charge in [0.05, 0.1) is 12.7 Å². The highest BCUT2D eigenvalue weighted by molar-refractivity contribution is 6.29. The Morgan fingerprint density at radius 3 is 2.19 bits per heavy atom. The van der Waals surface area contributed by atoms with Crippen LogP contribution >= 0.6 is 11.6 Å². The number of benzene rings is 2. The van der Waals surface area contributed by atoms with E-state index in [4.69, 9.17) is 16.3 Å². The summed E-state index contributed by atoms with van der Waals surface area (Å²) in [6.07, 6.45) is 1.48. The van der Waals surface area contributed by atoms with Gasteiger partial charge in [-0.3, -0.25) is 9.59 Å². The second kappa shape index (κ2) is 9.18. The largest absolute Gasteiger partial charge is 0.496 e. The van der Waals surface area contributed by atoms with E-state index in [1.54, 1.807) is 29.0 Å². The first kappa shape index (κ1) is 20.9. The van der Waals surface area contributed by atoms with Gasteiger partial charge in [-0.1, -0.05) is 41.9 Å². The summed E-state index contributed by atoms with van der Waals surface area (Å²) in [5.74, 6) is 0.613. The fourth-order valence-electron chi connectivity index (χ4n) is 3.68. The first-order chi connectivity index (χ1) is 15.1. The molecule has 31 heavy (non-hydrogen) atoms. The van der Waals surface area contributed by atoms with Gasteiger partial charge in [-0.25, -0.2) is 4.98 Å². The van der Waals surface area contributed by atoms with Crippen LogP contribution < -0.4 is 4.74 Å². The van der Waals surface area contributed by atoms with Crippen molar-refractivity contribution in [2.75, 3.05) is 33.3 Å². The summed E-state index contributed by atoms with van der Waals surface area (Å²) in [4.78, 5) is 33.2. The molecule has 1 aliphatic heterocycles. The SMILES string of the molecule is COc1ccccc1-c1cccc(C(=O)N2CCN(C(=O)c3ccc(Cl)nc3)CC2)c1. The van der Waals surface area contributed by atoms with Crippen molar-refractivity contribution in [2.45, 2.75) is 0 Å². The van der Waals surface area contributed by atoms with Crippen LogP contribution in [0.15, 0.2) is 66.9 Å². The quantitative estimate of drug-likeness (QED) is 0.581. The van der Waals surface area contributed by atoms with E-state index in [0.29, 0.717) is 42.5 Å². The summed E-state index contributed by atoms with van der Waals surface area (Å²) in [5, 5.41) is 0.349. The molecule has 0 saturated carbocycles. The average molecular weight is 436 g/mol. The number of halogens is 1. The first-order valence-corrected chi connectivity index (χ1v) is 10.4. The molecule has 1 aromatic heterocycles. The molecule has 6 nitrogen and oxygen atoms in total. The van der Waals surface area contributed by atoms with Gasteiger partial charge in [0.2, 0.25) is 0 Å². The Kier molecular flexibility index (Phi) is 6.18. The van der Waals surface area contributed by atoms with E-state index in [-0.39, 0.29) is 11.8 Å². The van der Waals surface area contributed by atoms with E-state index in [1.807, 2.05) is 48.5 Å². The lowest BCUT2D eigenvalue weighted by Gasteiger charge is -2.34. The van der Waals surface area contributed by atoms with Gasteiger partial charge in [0.1, 0.15) is 10.9 Å². The summed E-state index contributed by atoms with van der Waals surface area (Å²) >= 11 is 5.79. The van der Waals surface area contributed by atoms with E-state index in [1.165, 1.54) is 6.20 Å². The Balaban J connectivity index is 1.44. The molecule has 2 amide bonds. The summed E-state index contributed by atoms with van der Waals surface area (Å²) in [7, 11) is 1.63. The zero-order valence-corrected chi connectivity index (χ0v) is 17.9. The van der Waals surface area contributed by atoms with Gasteiger partial charge in [-0.05, 0) is 35.9 Å². The minimum Gasteiger partial charge on any atom is -0.496 e. The molecule has 0 N–H and O–H groups in total. The highest BCUT2D eigenvalue weighted by atomic mass is 35.5. The third-order valence-electron chi connectivity index (χ3n) is 5.36. The number of hydrogen-bond donors (Lipinski definition) is 0. The Hall–Kier alpha value is -3.38. The lowest BCUT2D eigenvalue weighted by atomic mass is 10.0. The van der Waals surface area contributed by atoms with Crippen molar-refractivity contribution in [3.63, 3.8) is 0 Å². The van der Waals surface area contributed by atoms with Gasteiger partial charge >= 0.3 is 0 Å². The third-order valence-corrected chi connectivity index (χ3v) is 5.58. The highest BCUT2D eigenvalue weighted by Crippen LogP contribution is 2.30. The molecule has 0 unspecified atom stereocenters. The minimum absolute atomic E-state index is 0.0444. The predicted molar refractivity (Wildman–Crippen MR) is 119 cm³/mol. The number of hydrogen-bond acceptors (Lipinski definition) is 4. The number of para-hydroxylation sites is 1. The third kappa shape index (κ3) is 4.54. The Labute approximate surface area is 186 Å². The molecular formula is C24H22ClN3O3. The number of rotatable bonds is 4. The number of methoxy groups -OCH3 is 1. The monoisotopic (exact) mass is 435 g/mol. The van der Waals surface area contributed by atoms with Crippen molar-refractivity contribution < 1.29 is 14.3 Å². The van der Waals surface area contributed by atoms with Crippen molar-refractivity contribution >= 4 is 23.4 Å². The van der Waals surface area contributed by atoms with Crippen LogP contribution in [0.1, 0.15) is 20.7 Å². The van der Waals surface area contributed by atoms with Gasteiger partial charge in [0, 0.05) is 43.5 Å². The van der Waals surface area contributed by atoms with Gasteiger partial charge in [0.25, 0.3) is 11.8 Å².